The van der Waals surface area contributed by atoms with Crippen LogP contribution in [0.4, 0.5) is 0 Å². The smallest absolute Gasteiger partial charge is 0.0346 e. The van der Waals surface area contributed by atoms with E-state index in [-0.39, 0.29) is 0 Å². The fourth-order valence-electron chi connectivity index (χ4n) is 2.01. The average Bonchev–Trinajstić information content (AvgIpc) is 2.70. The van der Waals surface area contributed by atoms with Gasteiger partial charge in [-0.1, -0.05) is 31.5 Å². The second kappa shape index (κ2) is 4.77. The van der Waals surface area contributed by atoms with Gasteiger partial charge in [-0.15, -0.1) is 11.3 Å². The van der Waals surface area contributed by atoms with Gasteiger partial charge in [-0.25, -0.2) is 0 Å². The van der Waals surface area contributed by atoms with Crippen molar-refractivity contribution in [1.29, 1.82) is 0 Å². The number of fused-ring (bicyclic) bond motifs is 1. The molecule has 1 aromatic carbocycles. The van der Waals surface area contributed by atoms with Crippen molar-refractivity contribution in [3.05, 3.63) is 35.2 Å². The van der Waals surface area contributed by atoms with Crippen molar-refractivity contribution in [2.45, 2.75) is 25.8 Å². The second-order valence-corrected chi connectivity index (χ2v) is 4.73. The van der Waals surface area contributed by atoms with Crippen LogP contribution in [-0.4, -0.2) is 7.05 Å². The Kier molecular flexibility index (Phi) is 3.39. The van der Waals surface area contributed by atoms with Crippen molar-refractivity contribution in [1.82, 2.24) is 5.32 Å². The molecule has 0 spiro atoms. The maximum atomic E-state index is 3.40. The summed E-state index contributed by atoms with van der Waals surface area (Å²) in [4.78, 5) is 0. The third kappa shape index (κ3) is 2.06. The highest BCUT2D eigenvalue weighted by atomic mass is 32.1. The zero-order valence-electron chi connectivity index (χ0n) is 9.29. The average molecular weight is 219 g/mol. The summed E-state index contributed by atoms with van der Waals surface area (Å²) in [5, 5.41) is 7.11. The third-order valence-corrected chi connectivity index (χ3v) is 3.79. The molecule has 2 aromatic rings. The minimum atomic E-state index is 0.506. The predicted octanol–water partition coefficient (Wildman–Crippen LogP) is 3.96. The number of nitrogens with one attached hydrogen (secondary N) is 1. The first-order valence-corrected chi connectivity index (χ1v) is 6.38. The molecule has 1 heterocycles. The van der Waals surface area contributed by atoms with Crippen LogP contribution < -0.4 is 5.32 Å². The molecule has 0 aliphatic carbocycles. The highest BCUT2D eigenvalue weighted by Crippen LogP contribution is 2.31. The fourth-order valence-corrected chi connectivity index (χ4v) is 3.03. The lowest BCUT2D eigenvalue weighted by atomic mass is 10.0. The molecule has 1 nitrogen and oxygen atoms in total. The lowest BCUT2D eigenvalue weighted by molar-refractivity contribution is 0.546. The van der Waals surface area contributed by atoms with Gasteiger partial charge in [-0.3, -0.25) is 0 Å². The second-order valence-electron chi connectivity index (χ2n) is 3.82. The van der Waals surface area contributed by atoms with Crippen molar-refractivity contribution in [2.75, 3.05) is 7.05 Å². The monoisotopic (exact) mass is 219 g/mol. The molecule has 0 aliphatic rings. The Bertz CT molecular complexity index is 433. The molecular formula is C13H17NS. The van der Waals surface area contributed by atoms with E-state index in [2.05, 4.69) is 41.9 Å². The summed E-state index contributed by atoms with van der Waals surface area (Å²) in [6.07, 6.45) is 2.42. The van der Waals surface area contributed by atoms with E-state index in [0.29, 0.717) is 6.04 Å². The number of hydrogen-bond acceptors (Lipinski definition) is 2. The van der Waals surface area contributed by atoms with E-state index in [0.717, 1.165) is 0 Å². The van der Waals surface area contributed by atoms with Crippen molar-refractivity contribution >= 4 is 21.4 Å². The highest BCUT2D eigenvalue weighted by Gasteiger charge is 2.12. The lowest BCUT2D eigenvalue weighted by Crippen LogP contribution is -2.15. The first-order chi connectivity index (χ1) is 7.36. The largest absolute Gasteiger partial charge is 0.313 e. The lowest BCUT2D eigenvalue weighted by Gasteiger charge is -2.14. The molecule has 0 saturated heterocycles. The standard InChI is InChI=1S/C13H17NS/c1-3-6-12(14-2)11-9-15-13-8-5-4-7-10(11)13/h4-5,7-9,12,14H,3,6H2,1-2H3. The molecule has 0 radical (unpaired) electrons. The number of hydrogen-bond donors (Lipinski definition) is 1. The molecule has 1 unspecified atom stereocenters. The van der Waals surface area contributed by atoms with Gasteiger partial charge in [-0.2, -0.15) is 0 Å². The zero-order valence-corrected chi connectivity index (χ0v) is 10.1. The maximum Gasteiger partial charge on any atom is 0.0346 e. The quantitative estimate of drug-likeness (QED) is 0.820. The van der Waals surface area contributed by atoms with Gasteiger partial charge in [0.15, 0.2) is 0 Å². The fraction of sp³-hybridized carbons (Fsp3) is 0.385. The molecule has 0 aliphatic heterocycles. The minimum Gasteiger partial charge on any atom is -0.313 e. The van der Waals surface area contributed by atoms with Crippen LogP contribution in [0, 0.1) is 0 Å². The summed E-state index contributed by atoms with van der Waals surface area (Å²) in [5.74, 6) is 0. The third-order valence-electron chi connectivity index (χ3n) is 2.81. The van der Waals surface area contributed by atoms with Crippen molar-refractivity contribution in [3.8, 4) is 0 Å². The molecule has 1 atom stereocenters. The Labute approximate surface area is 95.1 Å². The summed E-state index contributed by atoms with van der Waals surface area (Å²) < 4.78 is 1.39. The van der Waals surface area contributed by atoms with E-state index in [1.165, 1.54) is 28.5 Å². The van der Waals surface area contributed by atoms with Gasteiger partial charge in [-0.05, 0) is 35.9 Å². The minimum absolute atomic E-state index is 0.506. The summed E-state index contributed by atoms with van der Waals surface area (Å²) in [6, 6.07) is 9.16. The van der Waals surface area contributed by atoms with Crippen LogP contribution >= 0.6 is 11.3 Å². The van der Waals surface area contributed by atoms with Gasteiger partial charge in [0.05, 0.1) is 0 Å². The van der Waals surface area contributed by atoms with Crippen LogP contribution in [0.2, 0.25) is 0 Å². The zero-order chi connectivity index (χ0) is 10.7. The number of rotatable bonds is 4. The molecule has 80 valence electrons. The van der Waals surface area contributed by atoms with E-state index in [1.54, 1.807) is 0 Å². The SMILES string of the molecule is CCCC(NC)c1csc2ccccc12. The molecule has 2 heteroatoms. The van der Waals surface area contributed by atoms with Gasteiger partial charge >= 0.3 is 0 Å². The molecule has 0 bridgehead atoms. The number of benzene rings is 1. The Morgan fingerprint density at radius 3 is 2.87 bits per heavy atom. The van der Waals surface area contributed by atoms with E-state index in [4.69, 9.17) is 0 Å². The summed E-state index contributed by atoms with van der Waals surface area (Å²) in [6.45, 7) is 2.24. The Balaban J connectivity index is 2.41. The summed E-state index contributed by atoms with van der Waals surface area (Å²) in [7, 11) is 2.05. The van der Waals surface area contributed by atoms with Crippen molar-refractivity contribution in [2.24, 2.45) is 0 Å². The predicted molar refractivity (Wildman–Crippen MR) is 68.5 cm³/mol. The van der Waals surface area contributed by atoms with E-state index in [1.807, 2.05) is 18.4 Å². The number of thiophene rings is 1. The van der Waals surface area contributed by atoms with E-state index in [9.17, 15) is 0 Å². The summed E-state index contributed by atoms with van der Waals surface area (Å²) >= 11 is 1.84. The van der Waals surface area contributed by atoms with Gasteiger partial charge in [0.2, 0.25) is 0 Å². The van der Waals surface area contributed by atoms with Crippen LogP contribution in [-0.2, 0) is 0 Å². The topological polar surface area (TPSA) is 12.0 Å². The van der Waals surface area contributed by atoms with Gasteiger partial charge in [0.25, 0.3) is 0 Å². The Morgan fingerprint density at radius 1 is 1.33 bits per heavy atom. The van der Waals surface area contributed by atoms with Crippen LogP contribution in [0.25, 0.3) is 10.1 Å². The van der Waals surface area contributed by atoms with Crippen LogP contribution in [0.3, 0.4) is 0 Å². The van der Waals surface area contributed by atoms with Crippen molar-refractivity contribution < 1.29 is 0 Å². The first-order valence-electron chi connectivity index (χ1n) is 5.50. The highest BCUT2D eigenvalue weighted by molar-refractivity contribution is 7.17. The molecule has 0 amide bonds. The van der Waals surface area contributed by atoms with Crippen LogP contribution in [0.1, 0.15) is 31.4 Å². The summed E-state index contributed by atoms with van der Waals surface area (Å²) in [5.41, 5.74) is 1.46. The molecule has 1 aromatic heterocycles. The Hall–Kier alpha value is -0.860. The van der Waals surface area contributed by atoms with Gasteiger partial charge in [0, 0.05) is 10.7 Å². The normalized spacial score (nSPS) is 13.2. The molecule has 0 fully saturated rings. The van der Waals surface area contributed by atoms with E-state index >= 15 is 0 Å². The van der Waals surface area contributed by atoms with Crippen molar-refractivity contribution in [3.63, 3.8) is 0 Å². The molecular weight excluding hydrogens is 202 g/mol. The molecule has 15 heavy (non-hydrogen) atoms. The van der Waals surface area contributed by atoms with Crippen LogP contribution in [0.15, 0.2) is 29.6 Å². The first kappa shape index (κ1) is 10.7. The van der Waals surface area contributed by atoms with Gasteiger partial charge < -0.3 is 5.32 Å². The molecule has 0 saturated carbocycles. The van der Waals surface area contributed by atoms with Crippen LogP contribution in [0.5, 0.6) is 0 Å². The Morgan fingerprint density at radius 2 is 2.13 bits per heavy atom. The maximum absolute atomic E-state index is 3.40. The van der Waals surface area contributed by atoms with E-state index < -0.39 is 0 Å². The van der Waals surface area contributed by atoms with Gasteiger partial charge in [0.1, 0.15) is 0 Å². The molecule has 1 N–H and O–H groups in total. The molecule has 2 rings (SSSR count).